The molecule has 5 heteroatoms. The average molecular weight is 323 g/mol. The van der Waals surface area contributed by atoms with Gasteiger partial charge in [-0.1, -0.05) is 58.8 Å². The van der Waals surface area contributed by atoms with Gasteiger partial charge in [0, 0.05) is 0 Å². The zero-order chi connectivity index (χ0) is 16.1. The maximum atomic E-state index is 11.1. The van der Waals surface area contributed by atoms with E-state index in [1.54, 1.807) is 6.92 Å². The van der Waals surface area contributed by atoms with Crippen LogP contribution >= 0.6 is 0 Å². The van der Waals surface area contributed by atoms with Crippen molar-refractivity contribution in [3.8, 4) is 0 Å². The van der Waals surface area contributed by atoms with E-state index in [1.165, 1.54) is 38.5 Å². The molecule has 128 valence electrons. The molecule has 0 aromatic heterocycles. The van der Waals surface area contributed by atoms with Gasteiger partial charge in [0.2, 0.25) is 0 Å². The lowest BCUT2D eigenvalue weighted by atomic mass is 10.0. The molecule has 0 bridgehead atoms. The highest BCUT2D eigenvalue weighted by atomic mass is 32.2. The van der Waals surface area contributed by atoms with Crippen molar-refractivity contribution < 1.29 is 18.1 Å². The van der Waals surface area contributed by atoms with Crippen molar-refractivity contribution in [3.63, 3.8) is 0 Å². The highest BCUT2D eigenvalue weighted by molar-refractivity contribution is 7.86. The lowest BCUT2D eigenvalue weighted by Crippen LogP contribution is -2.20. The van der Waals surface area contributed by atoms with Gasteiger partial charge < -0.3 is 5.11 Å². The molecule has 4 nitrogen and oxygen atoms in total. The molecule has 21 heavy (non-hydrogen) atoms. The third kappa shape index (κ3) is 12.1. The van der Waals surface area contributed by atoms with Crippen LogP contribution in [0.3, 0.4) is 0 Å². The second-order valence-corrected chi connectivity index (χ2v) is 7.74. The maximum absolute atomic E-state index is 11.1. The van der Waals surface area contributed by atoms with E-state index >= 15 is 0 Å². The molecule has 0 saturated heterocycles. The van der Waals surface area contributed by atoms with Crippen LogP contribution in [0.1, 0.15) is 90.9 Å². The van der Waals surface area contributed by atoms with Crippen LogP contribution in [-0.2, 0) is 10.1 Å². The Morgan fingerprint density at radius 3 is 1.86 bits per heavy atom. The number of aliphatic hydroxyl groups is 1. The topological polar surface area (TPSA) is 74.6 Å². The van der Waals surface area contributed by atoms with E-state index in [0.29, 0.717) is 25.7 Å². The van der Waals surface area contributed by atoms with Gasteiger partial charge in [-0.05, 0) is 32.1 Å². The standard InChI is InChI=1S/C16H34O4S/c1-3-5-6-7-8-9-10-12-15(17)13-11-14-16(4-2)21(18,19)20/h15-17H,3-14H2,1-2H3,(H,18,19,20). The summed E-state index contributed by atoms with van der Waals surface area (Å²) in [6.07, 6.45) is 11.2. The lowest BCUT2D eigenvalue weighted by molar-refractivity contribution is 0.147. The Kier molecular flexibility index (Phi) is 12.3. The van der Waals surface area contributed by atoms with Crippen LogP contribution in [-0.4, -0.2) is 29.4 Å². The summed E-state index contributed by atoms with van der Waals surface area (Å²) < 4.78 is 31.1. The summed E-state index contributed by atoms with van der Waals surface area (Å²) in [7, 11) is -3.93. The molecule has 0 aliphatic carbocycles. The quantitative estimate of drug-likeness (QED) is 0.369. The summed E-state index contributed by atoms with van der Waals surface area (Å²) in [5.74, 6) is 0. The van der Waals surface area contributed by atoms with Crippen molar-refractivity contribution >= 4 is 10.1 Å². The largest absolute Gasteiger partial charge is 0.393 e. The highest BCUT2D eigenvalue weighted by Gasteiger charge is 2.20. The van der Waals surface area contributed by atoms with Crippen LogP contribution in [0.15, 0.2) is 0 Å². The number of rotatable bonds is 14. The van der Waals surface area contributed by atoms with E-state index in [4.69, 9.17) is 4.55 Å². The molecule has 2 N–H and O–H groups in total. The van der Waals surface area contributed by atoms with Crippen LogP contribution in [0.25, 0.3) is 0 Å². The molecule has 0 heterocycles. The number of hydrogen-bond donors (Lipinski definition) is 2. The molecule has 0 aliphatic heterocycles. The minimum atomic E-state index is -3.93. The van der Waals surface area contributed by atoms with Gasteiger partial charge in [-0.25, -0.2) is 0 Å². The first kappa shape index (κ1) is 20.9. The first-order valence-electron chi connectivity index (χ1n) is 8.56. The minimum absolute atomic E-state index is 0.334. The second kappa shape index (κ2) is 12.4. The molecule has 0 spiro atoms. The fraction of sp³-hybridized carbons (Fsp3) is 1.00. The van der Waals surface area contributed by atoms with E-state index in [9.17, 15) is 13.5 Å². The molecule has 0 aliphatic rings. The molecule has 0 fully saturated rings. The highest BCUT2D eigenvalue weighted by Crippen LogP contribution is 2.16. The zero-order valence-electron chi connectivity index (χ0n) is 13.8. The van der Waals surface area contributed by atoms with E-state index < -0.39 is 15.4 Å². The van der Waals surface area contributed by atoms with Gasteiger partial charge in [0.25, 0.3) is 10.1 Å². The fourth-order valence-electron chi connectivity index (χ4n) is 2.63. The van der Waals surface area contributed by atoms with Crippen LogP contribution in [0, 0.1) is 0 Å². The Bertz CT molecular complexity index is 327. The number of aliphatic hydroxyl groups excluding tert-OH is 1. The van der Waals surface area contributed by atoms with Gasteiger partial charge in [-0.3, -0.25) is 4.55 Å². The first-order valence-corrected chi connectivity index (χ1v) is 10.1. The van der Waals surface area contributed by atoms with Crippen molar-refractivity contribution in [2.45, 2.75) is 102 Å². The van der Waals surface area contributed by atoms with Crippen LogP contribution in [0.5, 0.6) is 0 Å². The van der Waals surface area contributed by atoms with Crippen molar-refractivity contribution in [2.75, 3.05) is 0 Å². The molecule has 2 atom stereocenters. The molecular weight excluding hydrogens is 288 g/mol. The van der Waals surface area contributed by atoms with E-state index in [1.807, 2.05) is 0 Å². The summed E-state index contributed by atoms with van der Waals surface area (Å²) in [6.45, 7) is 3.97. The molecule has 0 aromatic rings. The summed E-state index contributed by atoms with van der Waals surface area (Å²) in [6, 6.07) is 0. The Morgan fingerprint density at radius 1 is 0.810 bits per heavy atom. The number of hydrogen-bond acceptors (Lipinski definition) is 3. The predicted octanol–water partition coefficient (Wildman–Crippen LogP) is 4.32. The zero-order valence-corrected chi connectivity index (χ0v) is 14.6. The molecule has 0 rings (SSSR count). The van der Waals surface area contributed by atoms with Gasteiger partial charge in [-0.15, -0.1) is 0 Å². The van der Waals surface area contributed by atoms with Crippen molar-refractivity contribution in [1.82, 2.24) is 0 Å². The van der Waals surface area contributed by atoms with E-state index in [2.05, 4.69) is 6.92 Å². The van der Waals surface area contributed by atoms with Crippen molar-refractivity contribution in [2.24, 2.45) is 0 Å². The summed E-state index contributed by atoms with van der Waals surface area (Å²) >= 11 is 0. The van der Waals surface area contributed by atoms with Gasteiger partial charge >= 0.3 is 0 Å². The third-order valence-corrected chi connectivity index (χ3v) is 5.49. The third-order valence-electron chi connectivity index (χ3n) is 4.08. The van der Waals surface area contributed by atoms with Crippen LogP contribution in [0.2, 0.25) is 0 Å². The monoisotopic (exact) mass is 322 g/mol. The summed E-state index contributed by atoms with van der Waals surface area (Å²) in [4.78, 5) is 0. The first-order chi connectivity index (χ1) is 9.91. The smallest absolute Gasteiger partial charge is 0.267 e. The van der Waals surface area contributed by atoms with Crippen LogP contribution < -0.4 is 0 Å². The second-order valence-electron chi connectivity index (χ2n) is 6.04. The predicted molar refractivity (Wildman–Crippen MR) is 88.1 cm³/mol. The van der Waals surface area contributed by atoms with Gasteiger partial charge in [0.05, 0.1) is 11.4 Å². The molecule has 0 radical (unpaired) electrons. The molecular formula is C16H34O4S. The van der Waals surface area contributed by atoms with Gasteiger partial charge in [0.15, 0.2) is 0 Å². The van der Waals surface area contributed by atoms with Crippen molar-refractivity contribution in [1.29, 1.82) is 0 Å². The van der Waals surface area contributed by atoms with Gasteiger partial charge in [-0.2, -0.15) is 8.42 Å². The normalized spacial score (nSPS) is 15.0. The Hall–Kier alpha value is -0.130. The summed E-state index contributed by atoms with van der Waals surface area (Å²) in [5, 5.41) is 9.19. The summed E-state index contributed by atoms with van der Waals surface area (Å²) in [5.41, 5.74) is 0. The SMILES string of the molecule is CCCCCCCCCC(O)CCCC(CC)S(=O)(=O)O. The molecule has 2 unspecified atom stereocenters. The minimum Gasteiger partial charge on any atom is -0.393 e. The fourth-order valence-corrected chi connectivity index (χ4v) is 3.51. The Balaban J connectivity index is 3.56. The van der Waals surface area contributed by atoms with E-state index in [-0.39, 0.29) is 6.10 Å². The Labute approximate surface area is 131 Å². The maximum Gasteiger partial charge on any atom is 0.267 e. The van der Waals surface area contributed by atoms with Crippen LogP contribution in [0.4, 0.5) is 0 Å². The number of unbranched alkanes of at least 4 members (excludes halogenated alkanes) is 6. The Morgan fingerprint density at radius 2 is 1.33 bits per heavy atom. The molecule has 0 amide bonds. The van der Waals surface area contributed by atoms with Crippen molar-refractivity contribution in [3.05, 3.63) is 0 Å². The lowest BCUT2D eigenvalue weighted by Gasteiger charge is -2.13. The average Bonchev–Trinajstić information content (AvgIpc) is 2.41. The molecule has 0 aromatic carbocycles. The van der Waals surface area contributed by atoms with E-state index in [0.717, 1.165) is 12.8 Å². The molecule has 0 saturated carbocycles. The van der Waals surface area contributed by atoms with Gasteiger partial charge in [0.1, 0.15) is 0 Å².